The van der Waals surface area contributed by atoms with Crippen molar-refractivity contribution in [3.8, 4) is 6.07 Å². The zero-order valence-electron chi connectivity index (χ0n) is 7.20. The molecule has 0 unspecified atom stereocenters. The average molecular weight is 240 g/mol. The van der Waals surface area contributed by atoms with Crippen molar-refractivity contribution in [3.63, 3.8) is 0 Å². The standard InChI is InChI=1S/C9H10BrN3/c10-8-5-12-13(6-8)9(7-11)3-1-2-4-9/h5-6H,1-4H2. The van der Waals surface area contributed by atoms with E-state index in [0.29, 0.717) is 0 Å². The highest BCUT2D eigenvalue weighted by Crippen LogP contribution is 2.35. The SMILES string of the molecule is N#CC1(n2cc(Br)cn2)CCCC1. The van der Waals surface area contributed by atoms with Crippen LogP contribution in [0, 0.1) is 11.3 Å². The first-order chi connectivity index (χ1) is 6.27. The lowest BCUT2D eigenvalue weighted by Crippen LogP contribution is -2.28. The number of nitrogens with zero attached hydrogens (tertiary/aromatic N) is 3. The van der Waals surface area contributed by atoms with Gasteiger partial charge in [0.2, 0.25) is 0 Å². The molecule has 0 bridgehead atoms. The van der Waals surface area contributed by atoms with Gasteiger partial charge in [-0.05, 0) is 41.6 Å². The second kappa shape index (κ2) is 3.15. The van der Waals surface area contributed by atoms with Crippen LogP contribution in [0.5, 0.6) is 0 Å². The Hall–Kier alpha value is -0.820. The van der Waals surface area contributed by atoms with Crippen molar-refractivity contribution in [2.45, 2.75) is 31.2 Å². The van der Waals surface area contributed by atoms with Crippen molar-refractivity contribution < 1.29 is 0 Å². The fourth-order valence-electron chi connectivity index (χ4n) is 1.89. The lowest BCUT2D eigenvalue weighted by atomic mass is 10.0. The Labute approximate surface area is 85.5 Å². The van der Waals surface area contributed by atoms with Crippen LogP contribution >= 0.6 is 15.9 Å². The van der Waals surface area contributed by atoms with Crippen molar-refractivity contribution in [1.29, 1.82) is 5.26 Å². The second-order valence-corrected chi connectivity index (χ2v) is 4.37. The van der Waals surface area contributed by atoms with Crippen molar-refractivity contribution in [2.75, 3.05) is 0 Å². The average Bonchev–Trinajstić information content (AvgIpc) is 2.73. The minimum absolute atomic E-state index is 0.369. The normalized spacial score (nSPS) is 20.0. The van der Waals surface area contributed by atoms with E-state index in [0.717, 1.165) is 30.2 Å². The highest BCUT2D eigenvalue weighted by molar-refractivity contribution is 9.10. The Kier molecular flexibility index (Phi) is 2.12. The Morgan fingerprint density at radius 2 is 2.23 bits per heavy atom. The predicted molar refractivity (Wildman–Crippen MR) is 52.0 cm³/mol. The van der Waals surface area contributed by atoms with Crippen LogP contribution in [0.1, 0.15) is 25.7 Å². The van der Waals surface area contributed by atoms with Crippen LogP contribution in [-0.4, -0.2) is 9.78 Å². The van der Waals surface area contributed by atoms with Gasteiger partial charge < -0.3 is 0 Å². The molecule has 0 aliphatic heterocycles. The molecular formula is C9H10BrN3. The molecule has 68 valence electrons. The molecule has 0 N–H and O–H groups in total. The van der Waals surface area contributed by atoms with E-state index in [2.05, 4.69) is 27.1 Å². The molecule has 0 spiro atoms. The minimum atomic E-state index is -0.369. The molecular weight excluding hydrogens is 230 g/mol. The summed E-state index contributed by atoms with van der Waals surface area (Å²) < 4.78 is 2.73. The molecule has 0 saturated heterocycles. The van der Waals surface area contributed by atoms with Gasteiger partial charge in [0.1, 0.15) is 5.54 Å². The van der Waals surface area contributed by atoms with Crippen LogP contribution in [0.4, 0.5) is 0 Å². The first-order valence-electron chi connectivity index (χ1n) is 4.39. The van der Waals surface area contributed by atoms with E-state index in [-0.39, 0.29) is 5.54 Å². The van der Waals surface area contributed by atoms with Crippen LogP contribution in [0.3, 0.4) is 0 Å². The zero-order chi connectivity index (χ0) is 9.31. The smallest absolute Gasteiger partial charge is 0.148 e. The monoisotopic (exact) mass is 239 g/mol. The largest absolute Gasteiger partial charge is 0.251 e. The number of hydrogen-bond acceptors (Lipinski definition) is 2. The van der Waals surface area contributed by atoms with E-state index < -0.39 is 0 Å². The van der Waals surface area contributed by atoms with Crippen molar-refractivity contribution in [2.24, 2.45) is 0 Å². The fourth-order valence-corrected chi connectivity index (χ4v) is 2.17. The summed E-state index contributed by atoms with van der Waals surface area (Å²) in [5.74, 6) is 0. The van der Waals surface area contributed by atoms with E-state index in [4.69, 9.17) is 5.26 Å². The maximum Gasteiger partial charge on any atom is 0.148 e. The topological polar surface area (TPSA) is 41.6 Å². The molecule has 0 aromatic carbocycles. The molecule has 1 aliphatic carbocycles. The number of nitriles is 1. The number of halogens is 1. The number of aromatic nitrogens is 2. The van der Waals surface area contributed by atoms with Gasteiger partial charge in [-0.15, -0.1) is 0 Å². The Balaban J connectivity index is 2.37. The first kappa shape index (κ1) is 8.76. The molecule has 1 fully saturated rings. The first-order valence-corrected chi connectivity index (χ1v) is 5.18. The van der Waals surface area contributed by atoms with Crippen molar-refractivity contribution >= 4 is 15.9 Å². The van der Waals surface area contributed by atoms with Crippen LogP contribution in [-0.2, 0) is 5.54 Å². The van der Waals surface area contributed by atoms with Gasteiger partial charge in [-0.2, -0.15) is 10.4 Å². The summed E-state index contributed by atoms with van der Waals surface area (Å²) in [6.07, 6.45) is 7.73. The summed E-state index contributed by atoms with van der Waals surface area (Å²) in [6.45, 7) is 0. The molecule has 0 radical (unpaired) electrons. The summed E-state index contributed by atoms with van der Waals surface area (Å²) in [5, 5.41) is 13.3. The van der Waals surface area contributed by atoms with Gasteiger partial charge in [-0.3, -0.25) is 4.68 Å². The van der Waals surface area contributed by atoms with E-state index in [1.165, 1.54) is 0 Å². The quantitative estimate of drug-likeness (QED) is 0.756. The van der Waals surface area contributed by atoms with Gasteiger partial charge in [0.15, 0.2) is 0 Å². The Morgan fingerprint density at radius 3 is 2.69 bits per heavy atom. The lowest BCUT2D eigenvalue weighted by molar-refractivity contribution is 0.355. The fraction of sp³-hybridized carbons (Fsp3) is 0.556. The molecule has 1 heterocycles. The molecule has 13 heavy (non-hydrogen) atoms. The van der Waals surface area contributed by atoms with Crippen molar-refractivity contribution in [3.05, 3.63) is 16.9 Å². The van der Waals surface area contributed by atoms with Gasteiger partial charge in [0.05, 0.1) is 16.7 Å². The third-order valence-electron chi connectivity index (χ3n) is 2.63. The van der Waals surface area contributed by atoms with Gasteiger partial charge in [-0.1, -0.05) is 0 Å². The lowest BCUT2D eigenvalue weighted by Gasteiger charge is -2.20. The van der Waals surface area contributed by atoms with Gasteiger partial charge in [-0.25, -0.2) is 0 Å². The van der Waals surface area contributed by atoms with Gasteiger partial charge >= 0.3 is 0 Å². The van der Waals surface area contributed by atoms with E-state index >= 15 is 0 Å². The highest BCUT2D eigenvalue weighted by atomic mass is 79.9. The van der Waals surface area contributed by atoms with Crippen molar-refractivity contribution in [1.82, 2.24) is 9.78 Å². The molecule has 0 amide bonds. The van der Waals surface area contributed by atoms with Crippen LogP contribution in [0.2, 0.25) is 0 Å². The summed E-state index contributed by atoms with van der Waals surface area (Å²) >= 11 is 3.34. The number of rotatable bonds is 1. The maximum atomic E-state index is 9.15. The van der Waals surface area contributed by atoms with Gasteiger partial charge in [0, 0.05) is 6.20 Å². The summed E-state index contributed by atoms with van der Waals surface area (Å²) in [6, 6.07) is 2.39. The summed E-state index contributed by atoms with van der Waals surface area (Å²) in [7, 11) is 0. The third-order valence-corrected chi connectivity index (χ3v) is 3.04. The molecule has 0 atom stereocenters. The third kappa shape index (κ3) is 1.37. The van der Waals surface area contributed by atoms with Crippen LogP contribution in [0.25, 0.3) is 0 Å². The summed E-state index contributed by atoms with van der Waals surface area (Å²) in [4.78, 5) is 0. The molecule has 2 rings (SSSR count). The van der Waals surface area contributed by atoms with Crippen LogP contribution < -0.4 is 0 Å². The van der Waals surface area contributed by atoms with E-state index in [1.54, 1.807) is 10.9 Å². The molecule has 3 nitrogen and oxygen atoms in total. The molecule has 1 saturated carbocycles. The zero-order valence-corrected chi connectivity index (χ0v) is 8.79. The summed E-state index contributed by atoms with van der Waals surface area (Å²) in [5.41, 5.74) is -0.369. The molecule has 4 heteroatoms. The highest BCUT2D eigenvalue weighted by Gasteiger charge is 2.36. The van der Waals surface area contributed by atoms with E-state index in [9.17, 15) is 0 Å². The minimum Gasteiger partial charge on any atom is -0.251 e. The molecule has 1 aliphatic rings. The number of hydrogen-bond donors (Lipinski definition) is 0. The second-order valence-electron chi connectivity index (χ2n) is 3.45. The van der Waals surface area contributed by atoms with E-state index in [1.807, 2.05) is 6.20 Å². The Morgan fingerprint density at radius 1 is 1.54 bits per heavy atom. The van der Waals surface area contributed by atoms with Crippen LogP contribution in [0.15, 0.2) is 16.9 Å². The Bertz CT molecular complexity index is 344. The molecule has 1 aromatic heterocycles. The predicted octanol–water partition coefficient (Wildman–Crippen LogP) is 2.44. The maximum absolute atomic E-state index is 9.15. The van der Waals surface area contributed by atoms with Gasteiger partial charge in [0.25, 0.3) is 0 Å². The molecule has 1 aromatic rings.